The number of fused-ring (bicyclic) bond motifs is 1. The molecular formula is C26H34ClFN6O2. The van der Waals surface area contributed by atoms with Gasteiger partial charge in [-0.15, -0.1) is 5.10 Å². The number of benzene rings is 1. The molecule has 2 saturated carbocycles. The first-order valence-electron chi connectivity index (χ1n) is 12.5. The molecule has 10 heteroatoms. The lowest BCUT2D eigenvalue weighted by Crippen LogP contribution is -2.29. The van der Waals surface area contributed by atoms with E-state index in [0.29, 0.717) is 42.5 Å². The van der Waals surface area contributed by atoms with Crippen LogP contribution in [0, 0.1) is 24.6 Å². The van der Waals surface area contributed by atoms with Crippen LogP contribution in [0.15, 0.2) is 24.5 Å². The number of imidazole rings is 1. The predicted molar refractivity (Wildman–Crippen MR) is 137 cm³/mol. The van der Waals surface area contributed by atoms with Crippen LogP contribution in [0.25, 0.3) is 0 Å². The average Bonchev–Trinajstić information content (AvgIpc) is 3.56. The molecule has 3 aromatic rings. The number of anilines is 1. The van der Waals surface area contributed by atoms with E-state index in [1.807, 2.05) is 27.8 Å². The van der Waals surface area contributed by atoms with Crippen LogP contribution in [-0.4, -0.2) is 41.2 Å². The molecule has 1 amide bonds. The summed E-state index contributed by atoms with van der Waals surface area (Å²) in [6, 6.07) is 4.10. The molecule has 2 atom stereocenters. The summed E-state index contributed by atoms with van der Waals surface area (Å²) in [7, 11) is 3.65. The second-order valence-corrected chi connectivity index (χ2v) is 10.3. The molecule has 2 aliphatic carbocycles. The Hall–Kier alpha value is -2.78. The van der Waals surface area contributed by atoms with Gasteiger partial charge in [-0.05, 0) is 62.6 Å². The zero-order valence-corrected chi connectivity index (χ0v) is 22.2. The summed E-state index contributed by atoms with van der Waals surface area (Å²) in [4.78, 5) is 17.7. The largest absolute Gasteiger partial charge is 0.389 e. The van der Waals surface area contributed by atoms with Crippen molar-refractivity contribution in [1.29, 1.82) is 0 Å². The Morgan fingerprint density at radius 1 is 1.25 bits per heavy atom. The van der Waals surface area contributed by atoms with Crippen LogP contribution < -0.4 is 5.32 Å². The Morgan fingerprint density at radius 2 is 1.92 bits per heavy atom. The van der Waals surface area contributed by atoms with Gasteiger partial charge in [0.1, 0.15) is 11.5 Å². The van der Waals surface area contributed by atoms with Crippen molar-refractivity contribution < 1.29 is 14.3 Å². The molecule has 0 radical (unpaired) electrons. The van der Waals surface area contributed by atoms with Crippen LogP contribution in [-0.2, 0) is 20.5 Å². The van der Waals surface area contributed by atoms with Gasteiger partial charge in [0.15, 0.2) is 0 Å². The first kappa shape index (κ1) is 26.3. The van der Waals surface area contributed by atoms with Crippen LogP contribution in [0.1, 0.15) is 73.0 Å². The highest BCUT2D eigenvalue weighted by molar-refractivity contribution is 6.31. The van der Waals surface area contributed by atoms with Crippen molar-refractivity contribution >= 4 is 23.2 Å². The minimum absolute atomic E-state index is 0.0455. The summed E-state index contributed by atoms with van der Waals surface area (Å²) in [6.45, 7) is 5.97. The summed E-state index contributed by atoms with van der Waals surface area (Å²) in [5.74, 6) is 0.0651. The molecule has 36 heavy (non-hydrogen) atoms. The van der Waals surface area contributed by atoms with E-state index in [-0.39, 0.29) is 16.8 Å². The highest BCUT2D eigenvalue weighted by Crippen LogP contribution is 2.54. The molecule has 0 aliphatic heterocycles. The van der Waals surface area contributed by atoms with Crippen molar-refractivity contribution in [2.75, 3.05) is 5.32 Å². The molecule has 0 spiro atoms. The molecule has 8 nitrogen and oxygen atoms in total. The molecule has 2 aromatic heterocycles. The maximum absolute atomic E-state index is 13.5. The summed E-state index contributed by atoms with van der Waals surface area (Å²) in [5, 5.41) is 22.3. The van der Waals surface area contributed by atoms with E-state index >= 15 is 0 Å². The van der Waals surface area contributed by atoms with Crippen LogP contribution in [0.4, 0.5) is 10.1 Å². The van der Waals surface area contributed by atoms with Gasteiger partial charge in [-0.2, -0.15) is 0 Å². The fourth-order valence-electron chi connectivity index (χ4n) is 5.85. The zero-order valence-electron chi connectivity index (χ0n) is 21.4. The fraction of sp³-hybridized carbons (Fsp3) is 0.538. The van der Waals surface area contributed by atoms with Crippen molar-refractivity contribution in [3.05, 3.63) is 58.1 Å². The molecule has 2 aliphatic rings. The maximum Gasteiger partial charge on any atom is 0.274 e. The van der Waals surface area contributed by atoms with Crippen LogP contribution >= 0.6 is 11.6 Å². The Labute approximate surface area is 215 Å². The van der Waals surface area contributed by atoms with Crippen LogP contribution in [0.3, 0.4) is 0 Å². The van der Waals surface area contributed by atoms with Crippen molar-refractivity contribution in [2.24, 2.45) is 25.9 Å². The van der Waals surface area contributed by atoms with Crippen molar-refractivity contribution in [3.8, 4) is 0 Å². The van der Waals surface area contributed by atoms with Crippen LogP contribution in [0.5, 0.6) is 0 Å². The number of nitrogens with zero attached hydrogens (tertiary/aromatic N) is 5. The summed E-state index contributed by atoms with van der Waals surface area (Å²) in [5.41, 5.74) is 2.76. The lowest BCUT2D eigenvalue weighted by atomic mass is 9.89. The van der Waals surface area contributed by atoms with Gasteiger partial charge >= 0.3 is 0 Å². The van der Waals surface area contributed by atoms with Crippen LogP contribution in [0.2, 0.25) is 5.02 Å². The normalized spacial score (nSPS) is 24.8. The van der Waals surface area contributed by atoms with Gasteiger partial charge in [0, 0.05) is 32.1 Å². The quantitative estimate of drug-likeness (QED) is 0.507. The minimum atomic E-state index is -0.771. The monoisotopic (exact) mass is 516 g/mol. The maximum atomic E-state index is 13.5. The fourth-order valence-corrected chi connectivity index (χ4v) is 6.03. The van der Waals surface area contributed by atoms with E-state index in [1.54, 1.807) is 22.6 Å². The van der Waals surface area contributed by atoms with Gasteiger partial charge in [-0.1, -0.05) is 30.7 Å². The molecule has 2 unspecified atom stereocenters. The van der Waals surface area contributed by atoms with E-state index in [9.17, 15) is 14.3 Å². The van der Waals surface area contributed by atoms with E-state index < -0.39 is 11.4 Å². The Morgan fingerprint density at radius 3 is 2.50 bits per heavy atom. The Kier molecular flexibility index (Phi) is 7.52. The number of rotatable bonds is 5. The number of nitrogens with one attached hydrogen (secondary N) is 1. The Balaban J connectivity index is 0.00000148. The molecule has 2 fully saturated rings. The number of amides is 1. The lowest BCUT2D eigenvalue weighted by molar-refractivity contribution is 0.0374. The van der Waals surface area contributed by atoms with Gasteiger partial charge in [0.25, 0.3) is 5.91 Å². The van der Waals surface area contributed by atoms with Gasteiger partial charge in [-0.3, -0.25) is 9.48 Å². The lowest BCUT2D eigenvalue weighted by Gasteiger charge is -2.24. The van der Waals surface area contributed by atoms with Gasteiger partial charge in [-0.25, -0.2) is 9.37 Å². The van der Waals surface area contributed by atoms with E-state index in [0.717, 1.165) is 29.9 Å². The molecule has 2 heterocycles. The SMILES string of the molecule is CC.Cc1c(CC2(O)CC3CC(c4ncn(C)c4C(=O)Nc4ccc(F)c(Cl)c4)CC3C2)nnn1C. The Bertz CT molecular complexity index is 1240. The number of carbonyl (C=O) groups excluding carboxylic acids is 1. The molecule has 2 N–H and O–H groups in total. The third-order valence-electron chi connectivity index (χ3n) is 7.57. The predicted octanol–water partition coefficient (Wildman–Crippen LogP) is 4.81. The number of hydrogen-bond acceptors (Lipinski definition) is 5. The van der Waals surface area contributed by atoms with Gasteiger partial charge < -0.3 is 15.0 Å². The van der Waals surface area contributed by atoms with Crippen molar-refractivity contribution in [3.63, 3.8) is 0 Å². The van der Waals surface area contributed by atoms with Gasteiger partial charge in [0.2, 0.25) is 0 Å². The van der Waals surface area contributed by atoms with Gasteiger partial charge in [0.05, 0.1) is 34.0 Å². The third kappa shape index (κ3) is 5.04. The second kappa shape index (κ2) is 10.3. The highest BCUT2D eigenvalue weighted by Gasteiger charge is 2.50. The first-order valence-corrected chi connectivity index (χ1v) is 12.9. The number of aliphatic hydroxyl groups is 1. The second-order valence-electron chi connectivity index (χ2n) is 9.92. The number of carbonyl (C=O) groups is 1. The highest BCUT2D eigenvalue weighted by atomic mass is 35.5. The molecule has 0 bridgehead atoms. The van der Waals surface area contributed by atoms with E-state index in [4.69, 9.17) is 11.6 Å². The molecular weight excluding hydrogens is 483 g/mol. The number of halogens is 2. The summed E-state index contributed by atoms with van der Waals surface area (Å²) >= 11 is 5.85. The number of aryl methyl sites for hydroxylation is 2. The number of aromatic nitrogens is 5. The topological polar surface area (TPSA) is 97.9 Å². The molecule has 194 valence electrons. The van der Waals surface area contributed by atoms with E-state index in [2.05, 4.69) is 20.6 Å². The third-order valence-corrected chi connectivity index (χ3v) is 7.86. The zero-order chi connectivity index (χ0) is 26.2. The minimum Gasteiger partial charge on any atom is -0.389 e. The summed E-state index contributed by atoms with van der Waals surface area (Å²) < 4.78 is 16.9. The van der Waals surface area contributed by atoms with Crippen molar-refractivity contribution in [2.45, 2.75) is 64.4 Å². The molecule has 5 rings (SSSR count). The molecule has 1 aromatic carbocycles. The summed E-state index contributed by atoms with van der Waals surface area (Å²) in [6.07, 6.45) is 5.36. The van der Waals surface area contributed by atoms with E-state index in [1.165, 1.54) is 18.2 Å². The van der Waals surface area contributed by atoms with Crippen molar-refractivity contribution in [1.82, 2.24) is 24.5 Å². The smallest absolute Gasteiger partial charge is 0.274 e. The average molecular weight is 517 g/mol. The first-order chi connectivity index (χ1) is 17.1. The molecule has 0 saturated heterocycles. The number of hydrogen-bond donors (Lipinski definition) is 2. The standard InChI is InChI=1S/C24H28ClFN6O2.C2H6/c1-13-20(29-30-32(13)3)11-24(34)9-15-6-14(7-16(15)10-24)21-22(31(2)12-27-21)23(33)28-17-4-5-19(26)18(25)8-17;1-2/h4-5,8,12,14-16,34H,6-7,9-11H2,1-3H3,(H,28,33);1-2H3.